The molecule has 2 fully saturated rings. The standard InChI is InChI=1S/C11H12BrN3O3/c12-9-3-8(15(17)18)4-13-10(9)14-5-11(16,6-14)7-1-2-7/h3-4,7,16H,1-2,5-6H2. The molecule has 0 unspecified atom stereocenters. The average Bonchev–Trinajstić information content (AvgIpc) is 3.09. The minimum absolute atomic E-state index is 0.0383. The van der Waals surface area contributed by atoms with Crippen LogP contribution in [0.5, 0.6) is 0 Å². The van der Waals surface area contributed by atoms with Crippen LogP contribution in [0.4, 0.5) is 11.5 Å². The van der Waals surface area contributed by atoms with Crippen LogP contribution in [0.3, 0.4) is 0 Å². The molecule has 1 N–H and O–H groups in total. The van der Waals surface area contributed by atoms with Crippen molar-refractivity contribution < 1.29 is 10.0 Å². The lowest BCUT2D eigenvalue weighted by molar-refractivity contribution is -0.385. The van der Waals surface area contributed by atoms with Gasteiger partial charge in [0.2, 0.25) is 0 Å². The van der Waals surface area contributed by atoms with E-state index in [0.717, 1.165) is 12.8 Å². The summed E-state index contributed by atoms with van der Waals surface area (Å²) in [6.45, 7) is 1.11. The zero-order chi connectivity index (χ0) is 12.9. The summed E-state index contributed by atoms with van der Waals surface area (Å²) in [5, 5.41) is 20.8. The fraction of sp³-hybridized carbons (Fsp3) is 0.545. The third-order valence-electron chi connectivity index (χ3n) is 3.58. The number of hydrogen-bond donors (Lipinski definition) is 1. The van der Waals surface area contributed by atoms with Gasteiger partial charge in [-0.25, -0.2) is 4.98 Å². The smallest absolute Gasteiger partial charge is 0.288 e. The molecule has 2 aliphatic rings. The van der Waals surface area contributed by atoms with E-state index in [-0.39, 0.29) is 5.69 Å². The largest absolute Gasteiger partial charge is 0.386 e. The van der Waals surface area contributed by atoms with E-state index in [2.05, 4.69) is 20.9 Å². The predicted octanol–water partition coefficient (Wildman–Crippen LogP) is 1.71. The number of hydrogen-bond acceptors (Lipinski definition) is 5. The highest BCUT2D eigenvalue weighted by atomic mass is 79.9. The minimum Gasteiger partial charge on any atom is -0.386 e. The molecule has 3 rings (SSSR count). The zero-order valence-corrected chi connectivity index (χ0v) is 11.1. The number of halogens is 1. The second-order valence-corrected chi connectivity index (χ2v) is 5.84. The van der Waals surface area contributed by atoms with Gasteiger partial charge in [0, 0.05) is 6.07 Å². The molecular formula is C11H12BrN3O3. The van der Waals surface area contributed by atoms with Crippen LogP contribution < -0.4 is 4.90 Å². The second-order valence-electron chi connectivity index (χ2n) is 4.99. The van der Waals surface area contributed by atoms with Crippen molar-refractivity contribution in [2.75, 3.05) is 18.0 Å². The van der Waals surface area contributed by atoms with Crippen molar-refractivity contribution in [3.8, 4) is 0 Å². The van der Waals surface area contributed by atoms with Crippen LogP contribution in [-0.2, 0) is 0 Å². The maximum Gasteiger partial charge on any atom is 0.288 e. The number of anilines is 1. The molecule has 18 heavy (non-hydrogen) atoms. The van der Waals surface area contributed by atoms with Crippen LogP contribution >= 0.6 is 15.9 Å². The molecule has 0 spiro atoms. The first-order valence-corrected chi connectivity index (χ1v) is 6.56. The van der Waals surface area contributed by atoms with Crippen LogP contribution in [0.1, 0.15) is 12.8 Å². The molecule has 1 saturated heterocycles. The molecular weight excluding hydrogens is 302 g/mol. The van der Waals surface area contributed by atoms with Gasteiger partial charge < -0.3 is 10.0 Å². The Hall–Kier alpha value is -1.21. The maximum atomic E-state index is 10.6. The van der Waals surface area contributed by atoms with Gasteiger partial charge in [-0.3, -0.25) is 10.1 Å². The molecule has 1 aliphatic heterocycles. The lowest BCUT2D eigenvalue weighted by atomic mass is 9.89. The number of aliphatic hydroxyl groups is 1. The van der Waals surface area contributed by atoms with Gasteiger partial charge in [0.1, 0.15) is 17.6 Å². The van der Waals surface area contributed by atoms with E-state index in [1.807, 2.05) is 4.90 Å². The van der Waals surface area contributed by atoms with E-state index in [1.165, 1.54) is 12.3 Å². The van der Waals surface area contributed by atoms with Crippen molar-refractivity contribution in [1.29, 1.82) is 0 Å². The van der Waals surface area contributed by atoms with Crippen LogP contribution in [0.25, 0.3) is 0 Å². The lowest BCUT2D eigenvalue weighted by Gasteiger charge is -2.47. The van der Waals surface area contributed by atoms with Crippen molar-refractivity contribution in [1.82, 2.24) is 4.98 Å². The Morgan fingerprint density at radius 2 is 2.22 bits per heavy atom. The highest BCUT2D eigenvalue weighted by Gasteiger charge is 2.52. The molecule has 1 saturated carbocycles. The molecule has 0 atom stereocenters. The van der Waals surface area contributed by atoms with Crippen molar-refractivity contribution in [2.24, 2.45) is 5.92 Å². The molecule has 2 heterocycles. The fourth-order valence-electron chi connectivity index (χ4n) is 2.40. The highest BCUT2D eigenvalue weighted by Crippen LogP contribution is 2.46. The summed E-state index contributed by atoms with van der Waals surface area (Å²) in [7, 11) is 0. The number of pyridine rings is 1. The van der Waals surface area contributed by atoms with E-state index in [9.17, 15) is 15.2 Å². The van der Waals surface area contributed by atoms with Gasteiger partial charge in [-0.1, -0.05) is 0 Å². The summed E-state index contributed by atoms with van der Waals surface area (Å²) >= 11 is 3.29. The SMILES string of the molecule is O=[N+]([O-])c1cnc(N2CC(O)(C3CC3)C2)c(Br)c1. The molecule has 6 nitrogen and oxygen atoms in total. The first-order valence-electron chi connectivity index (χ1n) is 5.77. The van der Waals surface area contributed by atoms with Crippen molar-refractivity contribution in [2.45, 2.75) is 18.4 Å². The molecule has 0 aromatic carbocycles. The monoisotopic (exact) mass is 313 g/mol. The molecule has 0 radical (unpaired) electrons. The quantitative estimate of drug-likeness (QED) is 0.679. The topological polar surface area (TPSA) is 79.5 Å². The van der Waals surface area contributed by atoms with Gasteiger partial charge in [-0.2, -0.15) is 0 Å². The molecule has 96 valence electrons. The Bertz CT molecular complexity index is 512. The number of rotatable bonds is 3. The summed E-state index contributed by atoms with van der Waals surface area (Å²) in [4.78, 5) is 16.2. The van der Waals surface area contributed by atoms with Crippen LogP contribution in [0, 0.1) is 16.0 Å². The lowest BCUT2D eigenvalue weighted by Crippen LogP contribution is -2.63. The van der Waals surface area contributed by atoms with E-state index in [4.69, 9.17) is 0 Å². The zero-order valence-electron chi connectivity index (χ0n) is 9.54. The van der Waals surface area contributed by atoms with Crippen LogP contribution in [-0.4, -0.2) is 33.7 Å². The Morgan fingerprint density at radius 3 is 2.72 bits per heavy atom. The van der Waals surface area contributed by atoms with Gasteiger partial charge in [-0.05, 0) is 34.7 Å². The fourth-order valence-corrected chi connectivity index (χ4v) is 2.98. The molecule has 0 bridgehead atoms. The Morgan fingerprint density at radius 1 is 1.56 bits per heavy atom. The Kier molecular flexibility index (Phi) is 2.56. The maximum absolute atomic E-state index is 10.6. The van der Waals surface area contributed by atoms with E-state index in [1.54, 1.807) is 0 Å². The predicted molar refractivity (Wildman–Crippen MR) is 68.5 cm³/mol. The Labute approximate surface area is 112 Å². The summed E-state index contributed by atoms with van der Waals surface area (Å²) in [5.74, 6) is 1.08. The average molecular weight is 314 g/mol. The molecule has 1 aromatic heterocycles. The third-order valence-corrected chi connectivity index (χ3v) is 4.17. The van der Waals surface area contributed by atoms with Crippen LogP contribution in [0.2, 0.25) is 0 Å². The normalized spacial score (nSPS) is 21.6. The second kappa shape index (κ2) is 3.89. The Balaban J connectivity index is 1.76. The molecule has 1 aliphatic carbocycles. The van der Waals surface area contributed by atoms with Crippen molar-refractivity contribution in [3.63, 3.8) is 0 Å². The van der Waals surface area contributed by atoms with Crippen LogP contribution in [0.15, 0.2) is 16.7 Å². The van der Waals surface area contributed by atoms with Crippen molar-refractivity contribution >= 4 is 27.4 Å². The first kappa shape index (κ1) is 11.9. The summed E-state index contributed by atoms with van der Waals surface area (Å²) in [6.07, 6.45) is 3.44. The highest BCUT2D eigenvalue weighted by molar-refractivity contribution is 9.10. The van der Waals surface area contributed by atoms with Gasteiger partial charge in [0.05, 0.1) is 22.5 Å². The van der Waals surface area contributed by atoms with Gasteiger partial charge >= 0.3 is 0 Å². The minimum atomic E-state index is -0.580. The van der Waals surface area contributed by atoms with E-state index in [0.29, 0.717) is 29.3 Å². The van der Waals surface area contributed by atoms with E-state index < -0.39 is 10.5 Å². The van der Waals surface area contributed by atoms with Gasteiger partial charge in [0.25, 0.3) is 5.69 Å². The van der Waals surface area contributed by atoms with E-state index >= 15 is 0 Å². The summed E-state index contributed by atoms with van der Waals surface area (Å²) < 4.78 is 0.592. The summed E-state index contributed by atoms with van der Waals surface area (Å²) in [5.41, 5.74) is -0.619. The summed E-state index contributed by atoms with van der Waals surface area (Å²) in [6, 6.07) is 1.44. The van der Waals surface area contributed by atoms with Gasteiger partial charge in [0.15, 0.2) is 0 Å². The number of aromatic nitrogens is 1. The molecule has 1 aromatic rings. The number of β-amino-alcohol motifs (C(OH)–C–C–N with tert-alkyl or cyclic N) is 1. The van der Waals surface area contributed by atoms with Crippen molar-refractivity contribution in [3.05, 3.63) is 26.9 Å². The molecule has 0 amide bonds. The number of nitro groups is 1. The molecule has 7 heteroatoms. The third kappa shape index (κ3) is 1.87. The van der Waals surface area contributed by atoms with Gasteiger partial charge in [-0.15, -0.1) is 0 Å². The first-order chi connectivity index (χ1) is 8.49. The number of nitrogens with zero attached hydrogens (tertiary/aromatic N) is 3.